The molecule has 0 spiro atoms. The number of carbonyl (C=O) groups excluding carboxylic acids is 1. The van der Waals surface area contributed by atoms with Crippen molar-refractivity contribution in [3.05, 3.63) is 60.7 Å². The van der Waals surface area contributed by atoms with Crippen molar-refractivity contribution in [1.29, 1.82) is 0 Å². The first-order valence-corrected chi connectivity index (χ1v) is 10.6. The number of thioether (sulfide) groups is 1. The van der Waals surface area contributed by atoms with E-state index in [0.29, 0.717) is 11.7 Å². The Morgan fingerprint density at radius 3 is 2.34 bits per heavy atom. The number of nitrogens with one attached hydrogen (secondary N) is 1. The van der Waals surface area contributed by atoms with Crippen molar-refractivity contribution < 1.29 is 9.53 Å². The molecule has 6 nitrogen and oxygen atoms in total. The van der Waals surface area contributed by atoms with E-state index in [9.17, 15) is 4.79 Å². The van der Waals surface area contributed by atoms with Gasteiger partial charge in [0.1, 0.15) is 11.4 Å². The van der Waals surface area contributed by atoms with Crippen LogP contribution < -0.4 is 5.32 Å². The van der Waals surface area contributed by atoms with Crippen molar-refractivity contribution in [2.75, 3.05) is 18.9 Å². The van der Waals surface area contributed by atoms with Gasteiger partial charge in [-0.3, -0.25) is 4.79 Å². The molecule has 1 fully saturated rings. The van der Waals surface area contributed by atoms with Crippen molar-refractivity contribution in [1.82, 2.24) is 20.5 Å². The molecule has 1 aromatic heterocycles. The number of rotatable bonds is 7. The molecule has 3 aromatic rings. The lowest BCUT2D eigenvalue weighted by atomic mass is 10.0. The Bertz CT molecular complexity index is 948. The number of aromatic nitrogens is 3. The Hall–Kier alpha value is -2.77. The monoisotopic (exact) mass is 406 g/mol. The standard InChI is InChI=1S/C22H22N4O2S/c27-19(23-14-18-12-7-13-28-18)15-29-22-24-20(16-8-3-1-4-9-16)21(25-26-22)17-10-5-2-6-11-17/h1-6,8-11,18H,7,12-15H2,(H,23,27)/t18-/m1/s1. The summed E-state index contributed by atoms with van der Waals surface area (Å²) in [5.41, 5.74) is 3.40. The minimum absolute atomic E-state index is 0.0532. The summed E-state index contributed by atoms with van der Waals surface area (Å²) >= 11 is 1.29. The summed E-state index contributed by atoms with van der Waals surface area (Å²) in [4.78, 5) is 16.9. The molecule has 1 saturated heterocycles. The van der Waals surface area contributed by atoms with E-state index in [1.807, 2.05) is 60.7 Å². The molecule has 2 heterocycles. The van der Waals surface area contributed by atoms with Crippen molar-refractivity contribution in [3.63, 3.8) is 0 Å². The van der Waals surface area contributed by atoms with Crippen molar-refractivity contribution >= 4 is 17.7 Å². The number of carbonyl (C=O) groups is 1. The van der Waals surface area contributed by atoms with Crippen molar-refractivity contribution in [3.8, 4) is 22.5 Å². The average molecular weight is 407 g/mol. The summed E-state index contributed by atoms with van der Waals surface area (Å²) in [6.45, 7) is 1.34. The number of ether oxygens (including phenoxy) is 1. The van der Waals surface area contributed by atoms with Crippen LogP contribution in [0.1, 0.15) is 12.8 Å². The highest BCUT2D eigenvalue weighted by Gasteiger charge is 2.17. The van der Waals surface area contributed by atoms with E-state index in [2.05, 4.69) is 15.5 Å². The van der Waals surface area contributed by atoms with E-state index < -0.39 is 0 Å². The maximum Gasteiger partial charge on any atom is 0.230 e. The molecule has 0 bridgehead atoms. The van der Waals surface area contributed by atoms with Crippen LogP contribution in [0.5, 0.6) is 0 Å². The van der Waals surface area contributed by atoms with E-state index in [0.717, 1.165) is 42.0 Å². The first-order chi connectivity index (χ1) is 14.3. The third-order valence-corrected chi connectivity index (χ3v) is 5.48. The van der Waals surface area contributed by atoms with Gasteiger partial charge in [-0.05, 0) is 12.8 Å². The Balaban J connectivity index is 1.49. The number of benzene rings is 2. The zero-order chi connectivity index (χ0) is 19.9. The zero-order valence-electron chi connectivity index (χ0n) is 16.0. The molecule has 2 aromatic carbocycles. The number of nitrogens with zero attached hydrogens (tertiary/aromatic N) is 3. The molecule has 0 radical (unpaired) electrons. The van der Waals surface area contributed by atoms with Gasteiger partial charge in [0.05, 0.1) is 11.9 Å². The normalized spacial score (nSPS) is 15.9. The minimum Gasteiger partial charge on any atom is -0.376 e. The van der Waals surface area contributed by atoms with Gasteiger partial charge < -0.3 is 10.1 Å². The molecule has 1 aliphatic heterocycles. The van der Waals surface area contributed by atoms with Gasteiger partial charge in [0.25, 0.3) is 0 Å². The van der Waals surface area contributed by atoms with Crippen LogP contribution in [0.3, 0.4) is 0 Å². The largest absolute Gasteiger partial charge is 0.376 e. The third kappa shape index (κ3) is 5.19. The van der Waals surface area contributed by atoms with Crippen LogP contribution in [-0.4, -0.2) is 46.1 Å². The van der Waals surface area contributed by atoms with Gasteiger partial charge in [0, 0.05) is 24.3 Å². The highest BCUT2D eigenvalue weighted by Crippen LogP contribution is 2.29. The fraction of sp³-hybridized carbons (Fsp3) is 0.273. The molecular formula is C22H22N4O2S. The van der Waals surface area contributed by atoms with Gasteiger partial charge in [0.2, 0.25) is 11.1 Å². The lowest BCUT2D eigenvalue weighted by Gasteiger charge is -2.11. The molecule has 4 rings (SSSR count). The maximum atomic E-state index is 12.2. The molecule has 7 heteroatoms. The summed E-state index contributed by atoms with van der Waals surface area (Å²) in [6.07, 6.45) is 2.20. The van der Waals surface area contributed by atoms with Crippen molar-refractivity contribution in [2.45, 2.75) is 24.1 Å². The lowest BCUT2D eigenvalue weighted by Crippen LogP contribution is -2.32. The molecule has 29 heavy (non-hydrogen) atoms. The van der Waals surface area contributed by atoms with Crippen LogP contribution in [0.2, 0.25) is 0 Å². The minimum atomic E-state index is -0.0532. The summed E-state index contributed by atoms with van der Waals surface area (Å²) in [5.74, 6) is 0.190. The van der Waals surface area contributed by atoms with Gasteiger partial charge in [-0.25, -0.2) is 4.98 Å². The van der Waals surface area contributed by atoms with E-state index in [1.165, 1.54) is 11.8 Å². The van der Waals surface area contributed by atoms with Gasteiger partial charge >= 0.3 is 0 Å². The second kappa shape index (κ2) is 9.62. The van der Waals surface area contributed by atoms with Crippen molar-refractivity contribution in [2.24, 2.45) is 0 Å². The zero-order valence-corrected chi connectivity index (χ0v) is 16.8. The number of hydrogen-bond acceptors (Lipinski definition) is 6. The van der Waals surface area contributed by atoms with Gasteiger partial charge in [-0.2, -0.15) is 0 Å². The Morgan fingerprint density at radius 2 is 1.69 bits per heavy atom. The molecule has 1 aliphatic rings. The summed E-state index contributed by atoms with van der Waals surface area (Å²) in [7, 11) is 0. The van der Waals surface area contributed by atoms with E-state index in [-0.39, 0.29) is 17.8 Å². The summed E-state index contributed by atoms with van der Waals surface area (Å²) < 4.78 is 5.53. The highest BCUT2D eigenvalue weighted by molar-refractivity contribution is 7.99. The first kappa shape index (κ1) is 19.5. The van der Waals surface area contributed by atoms with Crippen LogP contribution in [0.25, 0.3) is 22.5 Å². The molecular weight excluding hydrogens is 384 g/mol. The molecule has 1 amide bonds. The van der Waals surface area contributed by atoms with Gasteiger partial charge in [-0.1, -0.05) is 72.4 Å². The van der Waals surface area contributed by atoms with Crippen LogP contribution in [0.4, 0.5) is 0 Å². The predicted octanol–water partition coefficient (Wildman–Crippen LogP) is 3.59. The predicted molar refractivity (Wildman–Crippen MR) is 113 cm³/mol. The van der Waals surface area contributed by atoms with Crippen LogP contribution in [0.15, 0.2) is 65.8 Å². The smallest absolute Gasteiger partial charge is 0.230 e. The summed E-state index contributed by atoms with van der Waals surface area (Å²) in [6, 6.07) is 19.8. The number of hydrogen-bond donors (Lipinski definition) is 1. The Morgan fingerprint density at radius 1 is 1.00 bits per heavy atom. The van der Waals surface area contributed by atoms with Gasteiger partial charge in [-0.15, -0.1) is 10.2 Å². The maximum absolute atomic E-state index is 12.2. The molecule has 0 saturated carbocycles. The number of amides is 1. The van der Waals surface area contributed by atoms with E-state index >= 15 is 0 Å². The van der Waals surface area contributed by atoms with Crippen LogP contribution in [-0.2, 0) is 9.53 Å². The topological polar surface area (TPSA) is 77.0 Å². The fourth-order valence-electron chi connectivity index (χ4n) is 3.17. The molecule has 1 atom stereocenters. The third-order valence-electron chi connectivity index (χ3n) is 4.65. The Labute approximate surface area is 174 Å². The molecule has 0 unspecified atom stereocenters. The van der Waals surface area contributed by atoms with E-state index in [4.69, 9.17) is 9.72 Å². The van der Waals surface area contributed by atoms with Gasteiger partial charge in [0.15, 0.2) is 0 Å². The highest BCUT2D eigenvalue weighted by atomic mass is 32.2. The SMILES string of the molecule is O=C(CSc1nnc(-c2ccccc2)c(-c2ccccc2)n1)NC[C@H]1CCCO1. The fourth-order valence-corrected chi connectivity index (χ4v) is 3.79. The molecule has 148 valence electrons. The summed E-state index contributed by atoms with van der Waals surface area (Å²) in [5, 5.41) is 12.1. The Kier molecular flexibility index (Phi) is 6.49. The molecule has 0 aliphatic carbocycles. The quantitative estimate of drug-likeness (QED) is 0.604. The second-order valence-electron chi connectivity index (χ2n) is 6.75. The lowest BCUT2D eigenvalue weighted by molar-refractivity contribution is -0.119. The second-order valence-corrected chi connectivity index (χ2v) is 7.69. The average Bonchev–Trinajstić information content (AvgIpc) is 3.31. The van der Waals surface area contributed by atoms with Crippen LogP contribution >= 0.6 is 11.8 Å². The molecule has 1 N–H and O–H groups in total. The van der Waals surface area contributed by atoms with Crippen LogP contribution in [0, 0.1) is 0 Å². The van der Waals surface area contributed by atoms with E-state index in [1.54, 1.807) is 0 Å². The first-order valence-electron chi connectivity index (χ1n) is 9.66.